The first-order valence-electron chi connectivity index (χ1n) is 7.39. The van der Waals surface area contributed by atoms with Crippen molar-refractivity contribution in [1.82, 2.24) is 0 Å². The van der Waals surface area contributed by atoms with Gasteiger partial charge in [-0.15, -0.1) is 0 Å². The SMILES string of the molecule is CCCCCC(CCC)CC(C(=O)O)C(C)C(=O)O. The van der Waals surface area contributed by atoms with Crippen LogP contribution in [0.15, 0.2) is 0 Å². The Bertz CT molecular complexity index is 275. The van der Waals surface area contributed by atoms with Gasteiger partial charge < -0.3 is 10.2 Å². The summed E-state index contributed by atoms with van der Waals surface area (Å²) in [4.78, 5) is 22.2. The summed E-state index contributed by atoms with van der Waals surface area (Å²) >= 11 is 0. The molecule has 0 rings (SSSR count). The Morgan fingerprint density at radius 1 is 0.947 bits per heavy atom. The average molecular weight is 272 g/mol. The first kappa shape index (κ1) is 17.9. The highest BCUT2D eigenvalue weighted by Crippen LogP contribution is 2.28. The van der Waals surface area contributed by atoms with Crippen LogP contribution in [0, 0.1) is 17.8 Å². The fraction of sp³-hybridized carbons (Fsp3) is 0.867. The van der Waals surface area contributed by atoms with Crippen LogP contribution in [0.2, 0.25) is 0 Å². The molecule has 3 unspecified atom stereocenters. The topological polar surface area (TPSA) is 74.6 Å². The maximum absolute atomic E-state index is 11.3. The second-order valence-corrected chi connectivity index (χ2v) is 5.46. The molecule has 0 aliphatic rings. The summed E-state index contributed by atoms with van der Waals surface area (Å²) in [6.07, 6.45) is 6.91. The summed E-state index contributed by atoms with van der Waals surface area (Å²) in [5.74, 6) is -3.25. The van der Waals surface area contributed by atoms with Crippen LogP contribution >= 0.6 is 0 Å². The Morgan fingerprint density at radius 3 is 2.00 bits per heavy atom. The van der Waals surface area contributed by atoms with Gasteiger partial charge in [-0.25, -0.2) is 0 Å². The number of hydrogen-bond donors (Lipinski definition) is 2. The molecule has 0 aromatic rings. The van der Waals surface area contributed by atoms with E-state index in [0.717, 1.165) is 38.5 Å². The first-order valence-corrected chi connectivity index (χ1v) is 7.39. The van der Waals surface area contributed by atoms with Crippen LogP contribution in [-0.2, 0) is 9.59 Å². The summed E-state index contributed by atoms with van der Waals surface area (Å²) in [7, 11) is 0. The van der Waals surface area contributed by atoms with Gasteiger partial charge in [-0.3, -0.25) is 9.59 Å². The van der Waals surface area contributed by atoms with Gasteiger partial charge in [-0.05, 0) is 12.3 Å². The molecule has 4 heteroatoms. The van der Waals surface area contributed by atoms with Crippen molar-refractivity contribution in [2.45, 2.75) is 65.7 Å². The summed E-state index contributed by atoms with van der Waals surface area (Å²) in [6.45, 7) is 5.72. The molecule has 0 radical (unpaired) electrons. The predicted octanol–water partition coefficient (Wildman–Crippen LogP) is 3.79. The van der Waals surface area contributed by atoms with E-state index in [1.54, 1.807) is 0 Å². The molecule has 0 bridgehead atoms. The number of carbonyl (C=O) groups is 2. The third-order valence-electron chi connectivity index (χ3n) is 3.81. The molecule has 0 amide bonds. The van der Waals surface area contributed by atoms with E-state index < -0.39 is 23.8 Å². The van der Waals surface area contributed by atoms with E-state index in [9.17, 15) is 14.7 Å². The van der Waals surface area contributed by atoms with Crippen LogP contribution < -0.4 is 0 Å². The van der Waals surface area contributed by atoms with Gasteiger partial charge >= 0.3 is 11.9 Å². The number of rotatable bonds is 11. The van der Waals surface area contributed by atoms with Crippen molar-refractivity contribution in [3.05, 3.63) is 0 Å². The molecule has 0 aliphatic carbocycles. The van der Waals surface area contributed by atoms with Crippen molar-refractivity contribution in [3.8, 4) is 0 Å². The first-order chi connectivity index (χ1) is 8.93. The van der Waals surface area contributed by atoms with Crippen LogP contribution in [0.1, 0.15) is 65.7 Å². The van der Waals surface area contributed by atoms with Crippen molar-refractivity contribution in [3.63, 3.8) is 0 Å². The molecular formula is C15H28O4. The largest absolute Gasteiger partial charge is 0.481 e. The van der Waals surface area contributed by atoms with E-state index in [-0.39, 0.29) is 0 Å². The minimum atomic E-state index is -1.02. The molecule has 0 saturated carbocycles. The fourth-order valence-electron chi connectivity index (χ4n) is 2.52. The third kappa shape index (κ3) is 7.19. The number of carboxylic acid groups (broad SMARTS) is 2. The van der Waals surface area contributed by atoms with Crippen LogP contribution in [0.3, 0.4) is 0 Å². The maximum atomic E-state index is 11.3. The van der Waals surface area contributed by atoms with Gasteiger partial charge in [0.1, 0.15) is 0 Å². The number of carboxylic acids is 2. The molecule has 0 aromatic carbocycles. The van der Waals surface area contributed by atoms with E-state index in [1.165, 1.54) is 6.92 Å². The third-order valence-corrected chi connectivity index (χ3v) is 3.81. The van der Waals surface area contributed by atoms with Crippen molar-refractivity contribution >= 4 is 11.9 Å². The lowest BCUT2D eigenvalue weighted by molar-refractivity contribution is -0.153. The summed E-state index contributed by atoms with van der Waals surface area (Å²) in [5, 5.41) is 18.2. The van der Waals surface area contributed by atoms with Gasteiger partial charge in [0.25, 0.3) is 0 Å². The summed E-state index contributed by atoms with van der Waals surface area (Å²) in [6, 6.07) is 0. The lowest BCUT2D eigenvalue weighted by atomic mass is 9.81. The van der Waals surface area contributed by atoms with E-state index in [2.05, 4.69) is 13.8 Å². The molecule has 0 fully saturated rings. The van der Waals surface area contributed by atoms with Crippen molar-refractivity contribution < 1.29 is 19.8 Å². The van der Waals surface area contributed by atoms with E-state index in [0.29, 0.717) is 12.3 Å². The van der Waals surface area contributed by atoms with E-state index in [1.807, 2.05) is 0 Å². The van der Waals surface area contributed by atoms with Crippen LogP contribution in [0.4, 0.5) is 0 Å². The average Bonchev–Trinajstić information content (AvgIpc) is 2.34. The molecule has 4 nitrogen and oxygen atoms in total. The molecule has 19 heavy (non-hydrogen) atoms. The fourth-order valence-corrected chi connectivity index (χ4v) is 2.52. The lowest BCUT2D eigenvalue weighted by Gasteiger charge is -2.23. The monoisotopic (exact) mass is 272 g/mol. The molecule has 0 saturated heterocycles. The Labute approximate surface area is 116 Å². The quantitative estimate of drug-likeness (QED) is 0.561. The van der Waals surface area contributed by atoms with Crippen LogP contribution in [0.25, 0.3) is 0 Å². The van der Waals surface area contributed by atoms with Crippen molar-refractivity contribution in [1.29, 1.82) is 0 Å². The van der Waals surface area contributed by atoms with Gasteiger partial charge in [0.05, 0.1) is 11.8 Å². The van der Waals surface area contributed by atoms with Gasteiger partial charge in [0.2, 0.25) is 0 Å². The number of hydrogen-bond acceptors (Lipinski definition) is 2. The highest BCUT2D eigenvalue weighted by molar-refractivity contribution is 5.79. The van der Waals surface area contributed by atoms with Crippen molar-refractivity contribution in [2.75, 3.05) is 0 Å². The molecule has 0 aromatic heterocycles. The van der Waals surface area contributed by atoms with Crippen molar-refractivity contribution in [2.24, 2.45) is 17.8 Å². The van der Waals surface area contributed by atoms with Crippen LogP contribution in [-0.4, -0.2) is 22.2 Å². The number of aliphatic carboxylic acids is 2. The normalized spacial score (nSPS) is 15.7. The molecule has 0 heterocycles. The van der Waals surface area contributed by atoms with Gasteiger partial charge in [-0.2, -0.15) is 0 Å². The smallest absolute Gasteiger partial charge is 0.307 e. The van der Waals surface area contributed by atoms with Gasteiger partial charge in [0.15, 0.2) is 0 Å². The maximum Gasteiger partial charge on any atom is 0.307 e. The lowest BCUT2D eigenvalue weighted by Crippen LogP contribution is -2.29. The Balaban J connectivity index is 4.55. The molecule has 3 atom stereocenters. The Kier molecular flexibility index (Phi) is 9.27. The number of unbranched alkanes of at least 4 members (excludes halogenated alkanes) is 2. The zero-order chi connectivity index (χ0) is 14.8. The highest BCUT2D eigenvalue weighted by Gasteiger charge is 2.31. The molecule has 2 N–H and O–H groups in total. The zero-order valence-electron chi connectivity index (χ0n) is 12.4. The second kappa shape index (κ2) is 9.82. The molecule has 112 valence electrons. The van der Waals surface area contributed by atoms with E-state index in [4.69, 9.17) is 5.11 Å². The summed E-state index contributed by atoms with van der Waals surface area (Å²) < 4.78 is 0. The van der Waals surface area contributed by atoms with Gasteiger partial charge in [0, 0.05) is 0 Å². The standard InChI is InChI=1S/C15H28O4/c1-4-6-7-9-12(8-5-2)10-13(15(18)19)11(3)14(16)17/h11-13H,4-10H2,1-3H3,(H,16,17)(H,18,19). The predicted molar refractivity (Wildman–Crippen MR) is 75.1 cm³/mol. The molecule has 0 spiro atoms. The Hall–Kier alpha value is -1.06. The second-order valence-electron chi connectivity index (χ2n) is 5.46. The van der Waals surface area contributed by atoms with Crippen LogP contribution in [0.5, 0.6) is 0 Å². The van der Waals surface area contributed by atoms with E-state index >= 15 is 0 Å². The molecule has 0 aliphatic heterocycles. The Morgan fingerprint density at radius 2 is 1.58 bits per heavy atom. The molecular weight excluding hydrogens is 244 g/mol. The highest BCUT2D eigenvalue weighted by atomic mass is 16.4. The summed E-state index contributed by atoms with van der Waals surface area (Å²) in [5.41, 5.74) is 0. The minimum absolute atomic E-state index is 0.333. The minimum Gasteiger partial charge on any atom is -0.481 e. The zero-order valence-corrected chi connectivity index (χ0v) is 12.4. The van der Waals surface area contributed by atoms with Gasteiger partial charge in [-0.1, -0.05) is 59.3 Å².